The van der Waals surface area contributed by atoms with Crippen molar-refractivity contribution in [3.8, 4) is 5.75 Å². The van der Waals surface area contributed by atoms with Crippen molar-refractivity contribution in [2.24, 2.45) is 0 Å². The quantitative estimate of drug-likeness (QED) is 0.625. The molecule has 2 aromatic heterocycles. The van der Waals surface area contributed by atoms with Crippen LogP contribution in [-0.4, -0.2) is 18.9 Å². The van der Waals surface area contributed by atoms with Gasteiger partial charge in [0.2, 0.25) is 0 Å². The van der Waals surface area contributed by atoms with E-state index in [1.54, 1.807) is 35.7 Å². The van der Waals surface area contributed by atoms with Gasteiger partial charge in [0.25, 0.3) is 11.8 Å². The van der Waals surface area contributed by atoms with Gasteiger partial charge in [0.1, 0.15) is 11.4 Å². The van der Waals surface area contributed by atoms with Gasteiger partial charge < -0.3 is 15.4 Å². The number of carbonyl (C=O) groups is 2. The Hall–Kier alpha value is -2.90. The average Bonchev–Trinajstić information content (AvgIpc) is 3.35. The highest BCUT2D eigenvalue weighted by molar-refractivity contribution is 7.10. The maximum Gasteiger partial charge on any atom is 0.272 e. The minimum absolute atomic E-state index is 0.162. The summed E-state index contributed by atoms with van der Waals surface area (Å²) in [4.78, 5) is 26.0. The maximum absolute atomic E-state index is 12.8. The van der Waals surface area contributed by atoms with E-state index in [9.17, 15) is 9.59 Å². The van der Waals surface area contributed by atoms with Crippen molar-refractivity contribution in [3.63, 3.8) is 0 Å². The molecule has 0 fully saturated rings. The molecule has 2 N–H and O–H groups in total. The van der Waals surface area contributed by atoms with Crippen molar-refractivity contribution < 1.29 is 14.3 Å². The third kappa shape index (κ3) is 4.38. The van der Waals surface area contributed by atoms with Crippen molar-refractivity contribution >= 4 is 46.3 Å². The Morgan fingerprint density at radius 3 is 2.62 bits per heavy atom. The van der Waals surface area contributed by atoms with Crippen molar-refractivity contribution in [2.45, 2.75) is 0 Å². The molecule has 132 valence electrons. The number of hydrogen-bond donors (Lipinski definition) is 2. The molecule has 0 unspecified atom stereocenters. The molecule has 2 amide bonds. The lowest BCUT2D eigenvalue weighted by molar-refractivity contribution is -0.113. The van der Waals surface area contributed by atoms with Crippen LogP contribution in [0.1, 0.15) is 15.2 Å². The number of methoxy groups -OCH3 is 1. The van der Waals surface area contributed by atoms with Crippen LogP contribution in [0.5, 0.6) is 5.75 Å². The Morgan fingerprint density at radius 1 is 1.08 bits per heavy atom. The smallest absolute Gasteiger partial charge is 0.272 e. The molecule has 2 heterocycles. The zero-order valence-corrected chi connectivity index (χ0v) is 15.5. The number of para-hydroxylation sites is 2. The van der Waals surface area contributed by atoms with Gasteiger partial charge in [-0.2, -0.15) is 11.3 Å². The van der Waals surface area contributed by atoms with E-state index < -0.39 is 5.91 Å². The number of carbonyl (C=O) groups excluding carboxylic acids is 2. The molecule has 1 aromatic carbocycles. The first kappa shape index (κ1) is 17.9. The van der Waals surface area contributed by atoms with E-state index in [0.29, 0.717) is 17.0 Å². The molecular weight excluding hydrogens is 368 g/mol. The minimum atomic E-state index is -0.425. The van der Waals surface area contributed by atoms with Crippen LogP contribution in [0.25, 0.3) is 6.08 Å². The van der Waals surface area contributed by atoms with E-state index in [0.717, 1.165) is 4.88 Å². The first-order valence-electron chi connectivity index (χ1n) is 7.70. The molecule has 0 radical (unpaired) electrons. The molecule has 0 saturated carbocycles. The number of amides is 2. The van der Waals surface area contributed by atoms with Crippen LogP contribution >= 0.6 is 22.7 Å². The topological polar surface area (TPSA) is 67.4 Å². The van der Waals surface area contributed by atoms with Crippen LogP contribution < -0.4 is 15.4 Å². The van der Waals surface area contributed by atoms with Crippen LogP contribution in [0.3, 0.4) is 0 Å². The number of benzene rings is 1. The lowest BCUT2D eigenvalue weighted by Crippen LogP contribution is -2.30. The molecular formula is C19H16N2O3S2. The molecule has 26 heavy (non-hydrogen) atoms. The molecule has 0 aliphatic carbocycles. The number of nitrogens with one attached hydrogen (secondary N) is 2. The normalized spacial score (nSPS) is 11.0. The van der Waals surface area contributed by atoms with Crippen LogP contribution in [0.2, 0.25) is 0 Å². The molecule has 0 atom stereocenters. The predicted molar refractivity (Wildman–Crippen MR) is 106 cm³/mol. The zero-order valence-electron chi connectivity index (χ0n) is 13.9. The van der Waals surface area contributed by atoms with Crippen LogP contribution in [0.4, 0.5) is 5.69 Å². The minimum Gasteiger partial charge on any atom is -0.495 e. The van der Waals surface area contributed by atoms with Crippen LogP contribution in [0.15, 0.2) is 64.3 Å². The summed E-state index contributed by atoms with van der Waals surface area (Å²) in [6, 6.07) is 12.6. The summed E-state index contributed by atoms with van der Waals surface area (Å²) in [6.07, 6.45) is 1.65. The van der Waals surface area contributed by atoms with Crippen molar-refractivity contribution in [1.82, 2.24) is 5.32 Å². The first-order valence-corrected chi connectivity index (χ1v) is 9.53. The molecule has 0 spiro atoms. The summed E-state index contributed by atoms with van der Waals surface area (Å²) >= 11 is 2.90. The maximum atomic E-state index is 12.8. The fraction of sp³-hybridized carbons (Fsp3) is 0.0526. The van der Waals surface area contributed by atoms with Gasteiger partial charge in [-0.05, 0) is 41.1 Å². The molecule has 7 heteroatoms. The fourth-order valence-corrected chi connectivity index (χ4v) is 3.49. The van der Waals surface area contributed by atoms with Crippen molar-refractivity contribution in [1.29, 1.82) is 0 Å². The Labute approximate surface area is 158 Å². The average molecular weight is 384 g/mol. The van der Waals surface area contributed by atoms with Gasteiger partial charge in [-0.25, -0.2) is 0 Å². The highest BCUT2D eigenvalue weighted by Crippen LogP contribution is 2.24. The van der Waals surface area contributed by atoms with E-state index in [1.807, 2.05) is 29.0 Å². The first-order chi connectivity index (χ1) is 12.7. The lowest BCUT2D eigenvalue weighted by Gasteiger charge is -2.12. The summed E-state index contributed by atoms with van der Waals surface area (Å²) in [5.74, 6) is -0.212. The number of anilines is 1. The van der Waals surface area contributed by atoms with Gasteiger partial charge in [0, 0.05) is 10.3 Å². The SMILES string of the molecule is COc1ccccc1NC(=O)/C(=C\c1cccs1)NC(=O)c1ccsc1. The summed E-state index contributed by atoms with van der Waals surface area (Å²) in [5, 5.41) is 10.9. The van der Waals surface area contributed by atoms with Crippen LogP contribution in [-0.2, 0) is 4.79 Å². The van der Waals surface area contributed by atoms with Gasteiger partial charge in [0.15, 0.2) is 0 Å². The van der Waals surface area contributed by atoms with E-state index in [4.69, 9.17) is 4.74 Å². The van der Waals surface area contributed by atoms with Gasteiger partial charge in [-0.15, -0.1) is 11.3 Å². The summed E-state index contributed by atoms with van der Waals surface area (Å²) < 4.78 is 5.25. The highest BCUT2D eigenvalue weighted by Gasteiger charge is 2.16. The highest BCUT2D eigenvalue weighted by atomic mass is 32.1. The standard InChI is InChI=1S/C19H16N2O3S2/c1-24-17-7-3-2-6-15(17)20-19(23)16(11-14-5-4-9-26-14)21-18(22)13-8-10-25-12-13/h2-12H,1H3,(H,20,23)(H,21,22)/b16-11+. The third-order valence-electron chi connectivity index (χ3n) is 3.46. The second-order valence-corrected chi connectivity index (χ2v) is 6.95. The van der Waals surface area contributed by atoms with Gasteiger partial charge in [0.05, 0.1) is 18.4 Å². The Kier molecular flexibility index (Phi) is 5.83. The molecule has 0 aliphatic rings. The number of ether oxygens (including phenoxy) is 1. The molecule has 3 aromatic rings. The summed E-state index contributed by atoms with van der Waals surface area (Å²) in [6.45, 7) is 0. The van der Waals surface area contributed by atoms with E-state index in [2.05, 4.69) is 10.6 Å². The third-order valence-corrected chi connectivity index (χ3v) is 4.96. The number of hydrogen-bond acceptors (Lipinski definition) is 5. The second-order valence-electron chi connectivity index (χ2n) is 5.19. The summed E-state index contributed by atoms with van der Waals surface area (Å²) in [5.41, 5.74) is 1.20. The fourth-order valence-electron chi connectivity index (χ4n) is 2.20. The monoisotopic (exact) mass is 384 g/mol. The molecule has 0 bridgehead atoms. The van der Waals surface area contributed by atoms with E-state index >= 15 is 0 Å². The predicted octanol–water partition coefficient (Wildman–Crippen LogP) is 4.23. The molecule has 0 saturated heterocycles. The second kappa shape index (κ2) is 8.46. The largest absolute Gasteiger partial charge is 0.495 e. The molecule has 5 nitrogen and oxygen atoms in total. The van der Waals surface area contributed by atoms with E-state index in [-0.39, 0.29) is 11.6 Å². The Morgan fingerprint density at radius 2 is 1.92 bits per heavy atom. The van der Waals surface area contributed by atoms with Crippen molar-refractivity contribution in [3.05, 3.63) is 74.7 Å². The van der Waals surface area contributed by atoms with Gasteiger partial charge >= 0.3 is 0 Å². The van der Waals surface area contributed by atoms with Crippen molar-refractivity contribution in [2.75, 3.05) is 12.4 Å². The van der Waals surface area contributed by atoms with Gasteiger partial charge in [-0.3, -0.25) is 9.59 Å². The van der Waals surface area contributed by atoms with E-state index in [1.165, 1.54) is 29.8 Å². The van der Waals surface area contributed by atoms with Crippen LogP contribution in [0, 0.1) is 0 Å². The molecule has 0 aliphatic heterocycles. The number of thiophene rings is 2. The lowest BCUT2D eigenvalue weighted by atomic mass is 10.2. The zero-order chi connectivity index (χ0) is 18.4. The Balaban J connectivity index is 1.85. The number of rotatable bonds is 6. The summed E-state index contributed by atoms with van der Waals surface area (Å²) in [7, 11) is 1.53. The molecule has 3 rings (SSSR count). The van der Waals surface area contributed by atoms with Gasteiger partial charge in [-0.1, -0.05) is 18.2 Å². The Bertz CT molecular complexity index is 916.